The van der Waals surface area contributed by atoms with E-state index in [1.807, 2.05) is 12.1 Å². The van der Waals surface area contributed by atoms with Gasteiger partial charge in [0.15, 0.2) is 5.69 Å². The molecule has 0 aliphatic rings. The Morgan fingerprint density at radius 2 is 1.95 bits per heavy atom. The predicted octanol–water partition coefficient (Wildman–Crippen LogP) is 4.95. The van der Waals surface area contributed by atoms with Crippen LogP contribution in [-0.4, -0.2) is 16.1 Å². The molecular formula is C15H11BrN4O2. The highest BCUT2D eigenvalue weighted by atomic mass is 79.9. The Hall–Kier alpha value is -2.67. The van der Waals surface area contributed by atoms with E-state index in [-0.39, 0.29) is 11.6 Å². The highest BCUT2D eigenvalue weighted by Gasteiger charge is 2.11. The Kier molecular flexibility index (Phi) is 3.88. The molecule has 6 nitrogen and oxygen atoms in total. The van der Waals surface area contributed by atoms with Crippen LogP contribution in [0.5, 0.6) is 5.88 Å². The first-order valence-electron chi connectivity index (χ1n) is 6.41. The number of carbonyl (C=O) groups excluding carboxylic acids is 1. The van der Waals surface area contributed by atoms with Crippen molar-refractivity contribution in [1.29, 1.82) is 0 Å². The third-order valence-electron chi connectivity index (χ3n) is 2.98. The third-order valence-corrected chi connectivity index (χ3v) is 3.47. The Morgan fingerprint density at radius 1 is 1.18 bits per heavy atom. The summed E-state index contributed by atoms with van der Waals surface area (Å²) in [7, 11) is 0. The van der Waals surface area contributed by atoms with Gasteiger partial charge in [0.2, 0.25) is 5.88 Å². The van der Waals surface area contributed by atoms with Crippen LogP contribution in [0.1, 0.15) is 0 Å². The fourth-order valence-electron chi connectivity index (χ4n) is 2.00. The molecule has 0 spiro atoms. The highest BCUT2D eigenvalue weighted by Crippen LogP contribution is 2.36. The summed E-state index contributed by atoms with van der Waals surface area (Å²) >= 11 is 3.35. The maximum Gasteiger partial charge on any atom is 0.364 e. The molecule has 7 heteroatoms. The molecule has 22 heavy (non-hydrogen) atoms. The molecule has 1 heterocycles. The van der Waals surface area contributed by atoms with Gasteiger partial charge in [-0.3, -0.25) is 0 Å². The number of hydrogen-bond donors (Lipinski definition) is 3. The van der Waals surface area contributed by atoms with E-state index in [0.29, 0.717) is 16.6 Å². The summed E-state index contributed by atoms with van der Waals surface area (Å²) in [5.74, 6) is -0.135. The van der Waals surface area contributed by atoms with E-state index in [4.69, 9.17) is 0 Å². The minimum absolute atomic E-state index is 0.135. The van der Waals surface area contributed by atoms with Crippen LogP contribution in [0.4, 0.5) is 16.2 Å². The van der Waals surface area contributed by atoms with Crippen molar-refractivity contribution in [3.63, 3.8) is 0 Å². The van der Waals surface area contributed by atoms with E-state index in [9.17, 15) is 9.90 Å². The molecule has 3 N–H and O–H groups in total. The quantitative estimate of drug-likeness (QED) is 0.565. The lowest BCUT2D eigenvalue weighted by atomic mass is 10.2. The van der Waals surface area contributed by atoms with Gasteiger partial charge in [-0.2, -0.15) is 0 Å². The lowest BCUT2D eigenvalue weighted by Crippen LogP contribution is -2.04. The summed E-state index contributed by atoms with van der Waals surface area (Å²) in [5.41, 5.74) is 1.55. The van der Waals surface area contributed by atoms with Crippen molar-refractivity contribution < 1.29 is 9.90 Å². The lowest BCUT2D eigenvalue weighted by Gasteiger charge is -1.99. The maximum absolute atomic E-state index is 11.7. The van der Waals surface area contributed by atoms with Gasteiger partial charge in [0.1, 0.15) is 0 Å². The number of rotatable bonds is 2. The second-order valence-corrected chi connectivity index (χ2v) is 5.42. The van der Waals surface area contributed by atoms with Crippen molar-refractivity contribution in [2.24, 2.45) is 10.2 Å². The number of nitrogens with one attached hydrogen (secondary N) is 2. The van der Waals surface area contributed by atoms with Crippen LogP contribution in [0.15, 0.2) is 63.2 Å². The Balaban J connectivity index is 1.85. The zero-order chi connectivity index (χ0) is 15.5. The third kappa shape index (κ3) is 2.99. The fraction of sp³-hybridized carbons (Fsp3) is 0. The lowest BCUT2D eigenvalue weighted by molar-refractivity contribution is 0.258. The van der Waals surface area contributed by atoms with Crippen LogP contribution in [0.3, 0.4) is 0 Å². The Bertz CT molecular complexity index is 859. The summed E-state index contributed by atoms with van der Waals surface area (Å²) in [4.78, 5) is 14.5. The number of hydrogen-bond acceptors (Lipinski definition) is 3. The first kappa shape index (κ1) is 14.3. The van der Waals surface area contributed by atoms with E-state index in [0.717, 1.165) is 4.47 Å². The van der Waals surface area contributed by atoms with E-state index >= 15 is 0 Å². The van der Waals surface area contributed by atoms with Gasteiger partial charge < -0.3 is 15.4 Å². The van der Waals surface area contributed by atoms with Crippen molar-refractivity contribution in [1.82, 2.24) is 4.98 Å². The topological polar surface area (TPSA) is 89.8 Å². The van der Waals surface area contributed by atoms with Crippen LogP contribution in [0, 0.1) is 0 Å². The summed E-state index contributed by atoms with van der Waals surface area (Å²) in [6.45, 7) is 0. The Labute approximate surface area is 134 Å². The van der Waals surface area contributed by atoms with E-state index in [1.54, 1.807) is 36.4 Å². The molecule has 0 atom stereocenters. The fourth-order valence-corrected chi connectivity index (χ4v) is 2.36. The van der Waals surface area contributed by atoms with E-state index < -0.39 is 6.03 Å². The van der Waals surface area contributed by atoms with Crippen molar-refractivity contribution >= 4 is 44.2 Å². The average molecular weight is 359 g/mol. The molecule has 0 radical (unpaired) electrons. The number of fused-ring (bicyclic) bond motifs is 1. The van der Waals surface area contributed by atoms with Crippen LogP contribution in [0.2, 0.25) is 0 Å². The predicted molar refractivity (Wildman–Crippen MR) is 87.6 cm³/mol. The number of urea groups is 1. The summed E-state index contributed by atoms with van der Waals surface area (Å²) in [6.07, 6.45) is 0. The van der Waals surface area contributed by atoms with Gasteiger partial charge in [-0.05, 0) is 30.3 Å². The molecule has 0 saturated heterocycles. The molecule has 0 aliphatic heterocycles. The first-order valence-corrected chi connectivity index (χ1v) is 7.21. The average Bonchev–Trinajstić information content (AvgIpc) is 2.81. The van der Waals surface area contributed by atoms with Crippen molar-refractivity contribution in [2.45, 2.75) is 0 Å². The normalized spacial score (nSPS) is 11.1. The number of para-hydroxylation sites is 1. The van der Waals surface area contributed by atoms with Gasteiger partial charge in [-0.25, -0.2) is 4.79 Å². The standard InChI is InChI=1S/C15H11BrN4O2/c16-9-6-7-12-11(8-9)13(14(21)18-12)19-20-15(22)17-10-4-2-1-3-5-10/h1-8,18,21H,(H,17,22). The molecule has 1 aromatic heterocycles. The van der Waals surface area contributed by atoms with Crippen molar-refractivity contribution in [3.05, 3.63) is 53.0 Å². The summed E-state index contributed by atoms with van der Waals surface area (Å²) in [6, 6.07) is 13.7. The minimum Gasteiger partial charge on any atom is -0.493 e. The first-order chi connectivity index (χ1) is 10.6. The number of benzene rings is 2. The largest absolute Gasteiger partial charge is 0.493 e. The number of aromatic amines is 1. The van der Waals surface area contributed by atoms with Crippen LogP contribution < -0.4 is 5.32 Å². The number of anilines is 1. The molecule has 0 aliphatic carbocycles. The van der Waals surface area contributed by atoms with Crippen LogP contribution >= 0.6 is 15.9 Å². The van der Waals surface area contributed by atoms with Gasteiger partial charge in [0.25, 0.3) is 0 Å². The van der Waals surface area contributed by atoms with E-state index in [2.05, 4.69) is 36.5 Å². The number of amides is 2. The van der Waals surface area contributed by atoms with Crippen LogP contribution in [0.25, 0.3) is 10.9 Å². The zero-order valence-corrected chi connectivity index (χ0v) is 12.8. The summed E-state index contributed by atoms with van der Waals surface area (Å²) in [5, 5.41) is 20.5. The molecule has 0 saturated carbocycles. The number of H-pyrrole nitrogens is 1. The van der Waals surface area contributed by atoms with E-state index in [1.165, 1.54) is 0 Å². The van der Waals surface area contributed by atoms with Gasteiger partial charge >= 0.3 is 6.03 Å². The molecule has 3 aromatic rings. The molecule has 0 bridgehead atoms. The van der Waals surface area contributed by atoms with Gasteiger partial charge in [-0.15, -0.1) is 5.11 Å². The molecule has 2 aromatic carbocycles. The Morgan fingerprint density at radius 3 is 2.73 bits per heavy atom. The monoisotopic (exact) mass is 358 g/mol. The second kappa shape index (κ2) is 5.98. The minimum atomic E-state index is -0.616. The molecule has 0 fully saturated rings. The number of aromatic nitrogens is 1. The summed E-state index contributed by atoms with van der Waals surface area (Å²) < 4.78 is 0.837. The second-order valence-electron chi connectivity index (χ2n) is 4.51. The molecule has 2 amide bonds. The number of carbonyl (C=O) groups is 1. The van der Waals surface area contributed by atoms with Gasteiger partial charge in [0, 0.05) is 15.5 Å². The smallest absolute Gasteiger partial charge is 0.364 e. The van der Waals surface area contributed by atoms with Crippen molar-refractivity contribution in [3.8, 4) is 5.88 Å². The number of nitrogens with zero attached hydrogens (tertiary/aromatic N) is 2. The molecular weight excluding hydrogens is 348 g/mol. The van der Waals surface area contributed by atoms with Gasteiger partial charge in [0.05, 0.1) is 5.52 Å². The molecule has 0 unspecified atom stereocenters. The maximum atomic E-state index is 11.7. The van der Waals surface area contributed by atoms with Gasteiger partial charge in [-0.1, -0.05) is 39.2 Å². The number of halogens is 1. The molecule has 110 valence electrons. The number of aromatic hydroxyl groups is 1. The van der Waals surface area contributed by atoms with Crippen molar-refractivity contribution in [2.75, 3.05) is 5.32 Å². The SMILES string of the molecule is O=C(N=Nc1c(O)[nH]c2ccc(Br)cc12)Nc1ccccc1. The zero-order valence-electron chi connectivity index (χ0n) is 11.2. The van der Waals surface area contributed by atoms with Crippen LogP contribution in [-0.2, 0) is 0 Å². The molecule has 3 rings (SSSR count). The number of azo groups is 1. The highest BCUT2D eigenvalue weighted by molar-refractivity contribution is 9.10.